The maximum absolute atomic E-state index is 2.30. The van der Waals surface area contributed by atoms with Crippen LogP contribution in [0.15, 0.2) is 72.8 Å². The fraction of sp³-hybridized carbons (Fsp3) is 0.0833. The second-order valence-corrected chi connectivity index (χ2v) is 6.55. The van der Waals surface area contributed by atoms with Crippen molar-refractivity contribution in [1.82, 2.24) is 0 Å². The van der Waals surface area contributed by atoms with E-state index in [0.717, 1.165) is 0 Å². The molecule has 25 heavy (non-hydrogen) atoms. The van der Waals surface area contributed by atoms with Crippen molar-refractivity contribution in [3.63, 3.8) is 0 Å². The van der Waals surface area contributed by atoms with Gasteiger partial charge in [0.05, 0.1) is 0 Å². The van der Waals surface area contributed by atoms with E-state index < -0.39 is 0 Å². The van der Waals surface area contributed by atoms with E-state index in [2.05, 4.69) is 110 Å². The van der Waals surface area contributed by atoms with E-state index in [1.54, 1.807) is 0 Å². The Hall–Kier alpha value is -3.06. The third-order valence-corrected chi connectivity index (χ3v) is 4.66. The molecule has 0 unspecified atom stereocenters. The zero-order chi connectivity index (χ0) is 17.2. The Morgan fingerprint density at radius 1 is 0.640 bits per heavy atom. The van der Waals surface area contributed by atoms with Gasteiger partial charge in [0.1, 0.15) is 0 Å². The Kier molecular flexibility index (Phi) is 3.99. The highest BCUT2D eigenvalue weighted by atomic mass is 15.1. The lowest BCUT2D eigenvalue weighted by atomic mass is 9.92. The number of hydrogen-bond acceptors (Lipinski definition) is 1. The second kappa shape index (κ2) is 6.45. The van der Waals surface area contributed by atoms with Crippen molar-refractivity contribution in [2.75, 3.05) is 19.0 Å². The number of benzene rings is 3. The summed E-state index contributed by atoms with van der Waals surface area (Å²) in [4.78, 5) is 2.12. The van der Waals surface area contributed by atoms with Crippen LogP contribution in [0, 0.1) is 0 Å². The maximum atomic E-state index is 2.30. The summed E-state index contributed by atoms with van der Waals surface area (Å²) in [6.07, 6.45) is 6.72. The summed E-state index contributed by atoms with van der Waals surface area (Å²) < 4.78 is 0. The molecule has 0 bridgehead atoms. The van der Waals surface area contributed by atoms with Gasteiger partial charge in [0.15, 0.2) is 0 Å². The van der Waals surface area contributed by atoms with Crippen LogP contribution in [0.25, 0.3) is 23.8 Å². The van der Waals surface area contributed by atoms with Crippen LogP contribution in [0.2, 0.25) is 0 Å². The van der Waals surface area contributed by atoms with Gasteiger partial charge in [-0.3, -0.25) is 0 Å². The number of anilines is 1. The molecule has 0 aliphatic heterocycles. The molecule has 4 rings (SSSR count). The van der Waals surface area contributed by atoms with Crippen LogP contribution in [0.5, 0.6) is 0 Å². The van der Waals surface area contributed by atoms with Crippen LogP contribution in [-0.4, -0.2) is 14.1 Å². The van der Waals surface area contributed by atoms with Gasteiger partial charge in [0, 0.05) is 19.8 Å². The highest BCUT2D eigenvalue weighted by molar-refractivity contribution is 6.00. The normalized spacial score (nSPS) is 12.2. The molecule has 1 heteroatoms. The van der Waals surface area contributed by atoms with E-state index >= 15 is 0 Å². The molecule has 1 nitrogen and oxygen atoms in total. The molecule has 0 atom stereocenters. The summed E-state index contributed by atoms with van der Waals surface area (Å²) in [6.45, 7) is 0. The maximum Gasteiger partial charge on any atom is 0.0361 e. The fourth-order valence-electron chi connectivity index (χ4n) is 3.29. The lowest BCUT2D eigenvalue weighted by Crippen LogP contribution is -2.07. The Labute approximate surface area is 149 Å². The topological polar surface area (TPSA) is 3.24 Å². The van der Waals surface area contributed by atoms with Gasteiger partial charge in [-0.1, -0.05) is 72.8 Å². The van der Waals surface area contributed by atoms with Gasteiger partial charge in [-0.2, -0.15) is 0 Å². The van der Waals surface area contributed by atoms with Crippen LogP contribution in [0.4, 0.5) is 5.69 Å². The molecule has 0 fully saturated rings. The Balaban J connectivity index is 1.89. The summed E-state index contributed by atoms with van der Waals surface area (Å²) in [5, 5.41) is 0. The molecule has 0 aromatic heterocycles. The van der Waals surface area contributed by atoms with Crippen molar-refractivity contribution >= 4 is 29.5 Å². The van der Waals surface area contributed by atoms with Crippen molar-refractivity contribution in [3.8, 4) is 0 Å². The number of rotatable bonds is 2. The second-order valence-electron chi connectivity index (χ2n) is 6.55. The standard InChI is InChI=1S/C24H21N/c1-25(2)21-15-11-18(12-16-21)17-24-22-9-5-3-7-19(22)13-14-20-8-4-6-10-23(20)24/h3-17H,1-2H3. The molecule has 3 aromatic rings. The van der Waals surface area contributed by atoms with Crippen LogP contribution >= 0.6 is 0 Å². The monoisotopic (exact) mass is 323 g/mol. The smallest absolute Gasteiger partial charge is 0.0361 e. The molecule has 3 aromatic carbocycles. The molecule has 1 aliphatic rings. The predicted octanol–water partition coefficient (Wildman–Crippen LogP) is 5.83. The lowest BCUT2D eigenvalue weighted by Gasteiger charge is -2.14. The van der Waals surface area contributed by atoms with Crippen LogP contribution < -0.4 is 4.90 Å². The quantitative estimate of drug-likeness (QED) is 0.449. The van der Waals surface area contributed by atoms with Crippen LogP contribution in [0.1, 0.15) is 27.8 Å². The molecule has 0 amide bonds. The Morgan fingerprint density at radius 3 is 1.68 bits per heavy atom. The Morgan fingerprint density at radius 2 is 1.16 bits per heavy atom. The third kappa shape index (κ3) is 3.01. The number of nitrogens with zero attached hydrogens (tertiary/aromatic N) is 1. The lowest BCUT2D eigenvalue weighted by molar-refractivity contribution is 1.13. The molecule has 1 aliphatic carbocycles. The first-order valence-electron chi connectivity index (χ1n) is 8.58. The van der Waals surface area contributed by atoms with E-state index in [1.807, 2.05) is 0 Å². The zero-order valence-electron chi connectivity index (χ0n) is 14.6. The first-order chi connectivity index (χ1) is 12.2. The minimum atomic E-state index is 1.21. The summed E-state index contributed by atoms with van der Waals surface area (Å²) in [7, 11) is 4.13. The van der Waals surface area contributed by atoms with E-state index in [4.69, 9.17) is 0 Å². The van der Waals surface area contributed by atoms with E-state index in [-0.39, 0.29) is 0 Å². The minimum Gasteiger partial charge on any atom is -0.378 e. The van der Waals surface area contributed by atoms with E-state index in [9.17, 15) is 0 Å². The third-order valence-electron chi connectivity index (χ3n) is 4.66. The molecule has 0 spiro atoms. The fourth-order valence-corrected chi connectivity index (χ4v) is 3.29. The van der Waals surface area contributed by atoms with Gasteiger partial charge >= 0.3 is 0 Å². The Bertz CT molecular complexity index is 908. The van der Waals surface area contributed by atoms with Gasteiger partial charge in [0.25, 0.3) is 0 Å². The van der Waals surface area contributed by atoms with Crippen LogP contribution in [0.3, 0.4) is 0 Å². The summed E-state index contributed by atoms with van der Waals surface area (Å²) in [5.74, 6) is 0. The van der Waals surface area contributed by atoms with Crippen molar-refractivity contribution in [3.05, 3.63) is 101 Å². The highest BCUT2D eigenvalue weighted by Gasteiger charge is 2.14. The molecule has 0 saturated carbocycles. The molecule has 0 N–H and O–H groups in total. The SMILES string of the molecule is CN(C)c1ccc(C=C2c3ccccc3C=Cc3ccccc32)cc1. The average molecular weight is 323 g/mol. The van der Waals surface area contributed by atoms with E-state index in [0.29, 0.717) is 0 Å². The molecular formula is C24H21N. The van der Waals surface area contributed by atoms with Crippen LogP contribution in [-0.2, 0) is 0 Å². The van der Waals surface area contributed by atoms with Gasteiger partial charge in [-0.05, 0) is 51.6 Å². The summed E-state index contributed by atoms with van der Waals surface area (Å²) in [6, 6.07) is 25.9. The van der Waals surface area contributed by atoms with Gasteiger partial charge in [0.2, 0.25) is 0 Å². The van der Waals surface area contributed by atoms with Crippen molar-refractivity contribution in [2.45, 2.75) is 0 Å². The predicted molar refractivity (Wildman–Crippen MR) is 110 cm³/mol. The summed E-state index contributed by atoms with van der Waals surface area (Å²) >= 11 is 0. The summed E-state index contributed by atoms with van der Waals surface area (Å²) in [5.41, 5.74) is 8.77. The van der Waals surface area contributed by atoms with Gasteiger partial charge in [-0.25, -0.2) is 0 Å². The number of hydrogen-bond donors (Lipinski definition) is 0. The minimum absolute atomic E-state index is 1.21. The zero-order valence-corrected chi connectivity index (χ0v) is 14.6. The average Bonchev–Trinajstić information content (AvgIpc) is 2.80. The van der Waals surface area contributed by atoms with Crippen molar-refractivity contribution < 1.29 is 0 Å². The van der Waals surface area contributed by atoms with Gasteiger partial charge < -0.3 is 4.90 Å². The highest BCUT2D eigenvalue weighted by Crippen LogP contribution is 2.35. The van der Waals surface area contributed by atoms with E-state index in [1.165, 1.54) is 39.1 Å². The molecule has 122 valence electrons. The number of fused-ring (bicyclic) bond motifs is 2. The van der Waals surface area contributed by atoms with Crippen molar-refractivity contribution in [2.24, 2.45) is 0 Å². The molecular weight excluding hydrogens is 302 g/mol. The largest absolute Gasteiger partial charge is 0.378 e. The van der Waals surface area contributed by atoms with Gasteiger partial charge in [-0.15, -0.1) is 0 Å². The molecule has 0 heterocycles. The first-order valence-corrected chi connectivity index (χ1v) is 8.58. The molecule has 0 saturated heterocycles. The van der Waals surface area contributed by atoms with Crippen molar-refractivity contribution in [1.29, 1.82) is 0 Å². The molecule has 0 radical (unpaired) electrons. The first kappa shape index (κ1) is 15.5.